The van der Waals surface area contributed by atoms with Gasteiger partial charge in [-0.15, -0.1) is 0 Å². The number of pyridine rings is 1. The number of nitrogens with one attached hydrogen (secondary N) is 1. The second kappa shape index (κ2) is 7.74. The minimum absolute atomic E-state index is 0.185. The van der Waals surface area contributed by atoms with Crippen molar-refractivity contribution >= 4 is 11.6 Å². The summed E-state index contributed by atoms with van der Waals surface area (Å²) in [5, 5.41) is 6.97. The van der Waals surface area contributed by atoms with Gasteiger partial charge in [-0.25, -0.2) is 9.67 Å². The normalized spacial score (nSPS) is 10.9. The number of nitrogens with zero attached hydrogens (tertiary/aromatic N) is 4. The highest BCUT2D eigenvalue weighted by molar-refractivity contribution is 5.91. The van der Waals surface area contributed by atoms with E-state index in [2.05, 4.69) is 15.4 Å². The highest BCUT2D eigenvalue weighted by Crippen LogP contribution is 2.04. The van der Waals surface area contributed by atoms with E-state index in [0.29, 0.717) is 19.5 Å². The molecule has 3 aromatic rings. The SMILES string of the molecule is CCCCn1nc(C(=O)NCCc2cn3ccccc3n2)ccc1=O. The standard InChI is InChI=1S/C18H21N5O2/c1-2-3-12-23-17(24)8-7-15(21-23)18(25)19-10-9-14-13-22-11-5-4-6-16(22)20-14/h4-8,11,13H,2-3,9-10,12H2,1H3,(H,19,25). The Kier molecular flexibility index (Phi) is 5.23. The molecule has 130 valence electrons. The summed E-state index contributed by atoms with van der Waals surface area (Å²) in [4.78, 5) is 28.5. The first-order valence-electron chi connectivity index (χ1n) is 8.46. The lowest BCUT2D eigenvalue weighted by atomic mass is 10.3. The molecular formula is C18H21N5O2. The third kappa shape index (κ3) is 4.12. The lowest BCUT2D eigenvalue weighted by molar-refractivity contribution is 0.0946. The van der Waals surface area contributed by atoms with Gasteiger partial charge in [0, 0.05) is 38.0 Å². The zero-order valence-corrected chi connectivity index (χ0v) is 14.2. The Morgan fingerprint density at radius 3 is 2.92 bits per heavy atom. The zero-order chi connectivity index (χ0) is 17.6. The Hall–Kier alpha value is -2.96. The molecule has 0 bridgehead atoms. The minimum Gasteiger partial charge on any atom is -0.350 e. The Balaban J connectivity index is 1.59. The van der Waals surface area contributed by atoms with E-state index in [4.69, 9.17) is 0 Å². The quantitative estimate of drug-likeness (QED) is 0.710. The van der Waals surface area contributed by atoms with Crippen molar-refractivity contribution in [1.82, 2.24) is 24.5 Å². The number of rotatable bonds is 7. The number of carbonyl (C=O) groups is 1. The monoisotopic (exact) mass is 339 g/mol. The molecule has 7 nitrogen and oxygen atoms in total. The largest absolute Gasteiger partial charge is 0.350 e. The van der Waals surface area contributed by atoms with Crippen LogP contribution in [0.2, 0.25) is 0 Å². The number of aryl methyl sites for hydroxylation is 1. The van der Waals surface area contributed by atoms with Crippen molar-refractivity contribution in [3.8, 4) is 0 Å². The van der Waals surface area contributed by atoms with Crippen LogP contribution >= 0.6 is 0 Å². The van der Waals surface area contributed by atoms with Gasteiger partial charge >= 0.3 is 0 Å². The molecule has 3 rings (SSSR count). The predicted octanol–water partition coefficient (Wildman–Crippen LogP) is 1.66. The number of hydrogen-bond donors (Lipinski definition) is 1. The van der Waals surface area contributed by atoms with Gasteiger partial charge in [0.1, 0.15) is 11.3 Å². The number of fused-ring (bicyclic) bond motifs is 1. The van der Waals surface area contributed by atoms with E-state index in [0.717, 1.165) is 24.2 Å². The summed E-state index contributed by atoms with van der Waals surface area (Å²) in [6.07, 6.45) is 6.33. The van der Waals surface area contributed by atoms with Crippen molar-refractivity contribution in [3.63, 3.8) is 0 Å². The van der Waals surface area contributed by atoms with Crippen LogP contribution in [0, 0.1) is 0 Å². The van der Waals surface area contributed by atoms with E-state index in [-0.39, 0.29) is 17.2 Å². The van der Waals surface area contributed by atoms with Crippen molar-refractivity contribution in [3.05, 3.63) is 64.5 Å². The molecule has 7 heteroatoms. The summed E-state index contributed by atoms with van der Waals surface area (Å²) < 4.78 is 3.29. The predicted molar refractivity (Wildman–Crippen MR) is 94.6 cm³/mol. The van der Waals surface area contributed by atoms with Crippen LogP contribution in [0.15, 0.2) is 47.5 Å². The lowest BCUT2D eigenvalue weighted by Gasteiger charge is -2.07. The van der Waals surface area contributed by atoms with Crippen molar-refractivity contribution in [1.29, 1.82) is 0 Å². The van der Waals surface area contributed by atoms with Crippen LogP contribution in [0.25, 0.3) is 5.65 Å². The Morgan fingerprint density at radius 1 is 1.24 bits per heavy atom. The average Bonchev–Trinajstić information content (AvgIpc) is 3.03. The molecule has 0 aliphatic carbocycles. The summed E-state index contributed by atoms with van der Waals surface area (Å²) in [7, 11) is 0. The van der Waals surface area contributed by atoms with E-state index in [1.165, 1.54) is 16.8 Å². The summed E-state index contributed by atoms with van der Waals surface area (Å²) in [5.74, 6) is -0.283. The minimum atomic E-state index is -0.283. The fraction of sp³-hybridized carbons (Fsp3) is 0.333. The first-order valence-corrected chi connectivity index (χ1v) is 8.46. The highest BCUT2D eigenvalue weighted by atomic mass is 16.2. The van der Waals surface area contributed by atoms with Gasteiger partial charge in [0.25, 0.3) is 11.5 Å². The number of amides is 1. The summed E-state index contributed by atoms with van der Waals surface area (Å²) >= 11 is 0. The second-order valence-corrected chi connectivity index (χ2v) is 5.84. The molecule has 25 heavy (non-hydrogen) atoms. The Labute approximate surface area is 145 Å². The summed E-state index contributed by atoms with van der Waals surface area (Å²) in [6, 6.07) is 8.67. The molecule has 0 saturated heterocycles. The van der Waals surface area contributed by atoms with E-state index in [1.54, 1.807) is 0 Å². The van der Waals surface area contributed by atoms with Crippen LogP contribution in [0.4, 0.5) is 0 Å². The fourth-order valence-electron chi connectivity index (χ4n) is 2.54. The van der Waals surface area contributed by atoms with Gasteiger partial charge in [0.05, 0.1) is 5.69 Å². The van der Waals surface area contributed by atoms with Crippen molar-refractivity contribution in [2.75, 3.05) is 6.54 Å². The Morgan fingerprint density at radius 2 is 2.12 bits per heavy atom. The molecule has 0 radical (unpaired) electrons. The third-order valence-electron chi connectivity index (χ3n) is 3.90. The van der Waals surface area contributed by atoms with Crippen LogP contribution in [0.1, 0.15) is 35.9 Å². The maximum absolute atomic E-state index is 12.2. The second-order valence-electron chi connectivity index (χ2n) is 5.84. The zero-order valence-electron chi connectivity index (χ0n) is 14.2. The van der Waals surface area contributed by atoms with E-state index < -0.39 is 0 Å². The maximum Gasteiger partial charge on any atom is 0.271 e. The van der Waals surface area contributed by atoms with E-state index in [9.17, 15) is 9.59 Å². The third-order valence-corrected chi connectivity index (χ3v) is 3.90. The number of carbonyl (C=O) groups excluding carboxylic acids is 1. The topological polar surface area (TPSA) is 81.3 Å². The molecule has 0 aliphatic heterocycles. The molecule has 0 aliphatic rings. The molecule has 1 N–H and O–H groups in total. The number of imidazole rings is 1. The number of aromatic nitrogens is 4. The van der Waals surface area contributed by atoms with Gasteiger partial charge < -0.3 is 9.72 Å². The lowest BCUT2D eigenvalue weighted by Crippen LogP contribution is -2.30. The summed E-state index contributed by atoms with van der Waals surface area (Å²) in [6.45, 7) is 3.02. The Bertz CT molecular complexity index is 895. The average molecular weight is 339 g/mol. The molecule has 0 fully saturated rings. The smallest absolute Gasteiger partial charge is 0.271 e. The molecule has 0 aromatic carbocycles. The molecule has 0 unspecified atom stereocenters. The van der Waals surface area contributed by atoms with E-state index in [1.807, 2.05) is 41.9 Å². The molecule has 0 atom stereocenters. The van der Waals surface area contributed by atoms with Gasteiger partial charge in [-0.05, 0) is 24.6 Å². The number of unbranched alkanes of at least 4 members (excludes halogenated alkanes) is 1. The van der Waals surface area contributed by atoms with Crippen LogP contribution < -0.4 is 10.9 Å². The molecule has 0 saturated carbocycles. The maximum atomic E-state index is 12.2. The van der Waals surface area contributed by atoms with Gasteiger partial charge in [0.2, 0.25) is 0 Å². The van der Waals surface area contributed by atoms with Gasteiger partial charge in [0.15, 0.2) is 0 Å². The van der Waals surface area contributed by atoms with Crippen LogP contribution in [0.5, 0.6) is 0 Å². The number of hydrogen-bond acceptors (Lipinski definition) is 4. The molecule has 1 amide bonds. The fourth-order valence-corrected chi connectivity index (χ4v) is 2.54. The summed E-state index contributed by atoms with van der Waals surface area (Å²) in [5.41, 5.74) is 1.86. The van der Waals surface area contributed by atoms with Gasteiger partial charge in [-0.1, -0.05) is 19.4 Å². The van der Waals surface area contributed by atoms with Gasteiger partial charge in [-0.3, -0.25) is 9.59 Å². The molecule has 3 aromatic heterocycles. The van der Waals surface area contributed by atoms with E-state index >= 15 is 0 Å². The van der Waals surface area contributed by atoms with Crippen LogP contribution in [-0.2, 0) is 13.0 Å². The van der Waals surface area contributed by atoms with Crippen molar-refractivity contribution < 1.29 is 4.79 Å². The molecule has 3 heterocycles. The van der Waals surface area contributed by atoms with Crippen molar-refractivity contribution in [2.45, 2.75) is 32.7 Å². The van der Waals surface area contributed by atoms with Crippen LogP contribution in [-0.4, -0.2) is 31.6 Å². The molecular weight excluding hydrogens is 318 g/mol. The highest BCUT2D eigenvalue weighted by Gasteiger charge is 2.09. The first kappa shape index (κ1) is 16.9. The molecule has 0 spiro atoms. The first-order chi connectivity index (χ1) is 12.2. The van der Waals surface area contributed by atoms with Crippen molar-refractivity contribution in [2.24, 2.45) is 0 Å². The van der Waals surface area contributed by atoms with Crippen LogP contribution in [0.3, 0.4) is 0 Å². The van der Waals surface area contributed by atoms with Gasteiger partial charge in [-0.2, -0.15) is 5.10 Å².